The molecule has 29 heavy (non-hydrogen) atoms. The van der Waals surface area contributed by atoms with Crippen LogP contribution in [-0.2, 0) is 16.0 Å². The maximum Gasteiger partial charge on any atom is 0.272 e. The van der Waals surface area contributed by atoms with E-state index < -0.39 is 6.04 Å². The number of aryl methyl sites for hydroxylation is 1. The largest absolute Gasteiger partial charge is 0.467 e. The van der Waals surface area contributed by atoms with Gasteiger partial charge >= 0.3 is 0 Å². The second-order valence-corrected chi connectivity index (χ2v) is 7.95. The van der Waals surface area contributed by atoms with Crippen LogP contribution in [0.15, 0.2) is 86.7 Å². The van der Waals surface area contributed by atoms with Crippen molar-refractivity contribution >= 4 is 35.0 Å². The monoisotopic (exact) mass is 402 g/mol. The van der Waals surface area contributed by atoms with Crippen molar-refractivity contribution in [1.29, 1.82) is 0 Å². The van der Waals surface area contributed by atoms with E-state index in [2.05, 4.69) is 12.2 Å². The highest BCUT2D eigenvalue weighted by molar-refractivity contribution is 8.04. The highest BCUT2D eigenvalue weighted by Crippen LogP contribution is 2.48. The molecule has 2 aromatic carbocycles. The topological polar surface area (TPSA) is 62.6 Å². The molecule has 3 heterocycles. The van der Waals surface area contributed by atoms with E-state index in [4.69, 9.17) is 4.42 Å². The minimum Gasteiger partial charge on any atom is -0.467 e. The number of nitrogens with one attached hydrogen (secondary N) is 1. The summed E-state index contributed by atoms with van der Waals surface area (Å²) in [5, 5.41) is 3.40. The Labute approximate surface area is 172 Å². The van der Waals surface area contributed by atoms with Gasteiger partial charge in [-0.25, -0.2) is 4.90 Å². The fourth-order valence-corrected chi connectivity index (χ4v) is 4.77. The number of thioether (sulfide) groups is 1. The molecule has 1 atom stereocenters. The zero-order valence-electron chi connectivity index (χ0n) is 15.7. The Bertz CT molecular complexity index is 1130. The molecule has 0 aliphatic carbocycles. The molecule has 0 radical (unpaired) electrons. The van der Waals surface area contributed by atoms with Crippen LogP contribution in [0.2, 0.25) is 0 Å². The molecule has 0 saturated heterocycles. The minimum atomic E-state index is -0.535. The zero-order valence-corrected chi connectivity index (χ0v) is 16.5. The van der Waals surface area contributed by atoms with E-state index in [-0.39, 0.29) is 11.8 Å². The molecule has 0 bridgehead atoms. The van der Waals surface area contributed by atoms with E-state index in [9.17, 15) is 9.59 Å². The lowest BCUT2D eigenvalue weighted by Gasteiger charge is -2.21. The van der Waals surface area contributed by atoms with Gasteiger partial charge in [0.1, 0.15) is 11.8 Å². The number of imide groups is 1. The number of nitrogens with zero attached hydrogens (tertiary/aromatic N) is 1. The van der Waals surface area contributed by atoms with Gasteiger partial charge in [0.25, 0.3) is 11.8 Å². The van der Waals surface area contributed by atoms with Crippen LogP contribution in [-0.4, -0.2) is 11.8 Å². The van der Waals surface area contributed by atoms with Gasteiger partial charge < -0.3 is 9.73 Å². The molecule has 3 aromatic rings. The first-order valence-corrected chi connectivity index (χ1v) is 10.3. The van der Waals surface area contributed by atoms with Crippen molar-refractivity contribution in [2.75, 3.05) is 10.2 Å². The van der Waals surface area contributed by atoms with Gasteiger partial charge in [-0.05, 0) is 48.4 Å². The molecule has 2 aliphatic rings. The summed E-state index contributed by atoms with van der Waals surface area (Å²) >= 11 is 1.33. The van der Waals surface area contributed by atoms with Gasteiger partial charge in [-0.15, -0.1) is 0 Å². The molecule has 1 aromatic heterocycles. The summed E-state index contributed by atoms with van der Waals surface area (Å²) in [6.45, 7) is 2.07. The number of amides is 2. The predicted octanol–water partition coefficient (Wildman–Crippen LogP) is 4.93. The molecule has 5 nitrogen and oxygen atoms in total. The summed E-state index contributed by atoms with van der Waals surface area (Å²) < 4.78 is 5.62. The zero-order chi connectivity index (χ0) is 20.0. The number of hydrogen-bond acceptors (Lipinski definition) is 5. The molecule has 2 amide bonds. The second-order valence-electron chi connectivity index (χ2n) is 6.90. The molecular formula is C23H18N2O3S. The second kappa shape index (κ2) is 6.97. The third-order valence-electron chi connectivity index (χ3n) is 5.19. The van der Waals surface area contributed by atoms with Gasteiger partial charge in [0.05, 0.1) is 22.4 Å². The van der Waals surface area contributed by atoms with Crippen molar-refractivity contribution in [3.8, 4) is 0 Å². The van der Waals surface area contributed by atoms with Crippen LogP contribution in [0.3, 0.4) is 0 Å². The normalized spacial score (nSPS) is 18.4. The van der Waals surface area contributed by atoms with E-state index in [0.29, 0.717) is 21.9 Å². The SMILES string of the molecule is CCc1ccc(N2C(=O)C3=C(C2=O)[C@@H](c2ccco2)Nc2ccccc2S3)cc1. The fourth-order valence-electron chi connectivity index (χ4n) is 3.68. The molecular weight excluding hydrogens is 384 g/mol. The van der Waals surface area contributed by atoms with Crippen LogP contribution in [0.1, 0.15) is 24.3 Å². The van der Waals surface area contributed by atoms with Crippen molar-refractivity contribution in [1.82, 2.24) is 0 Å². The molecule has 6 heteroatoms. The average molecular weight is 402 g/mol. The molecule has 0 spiro atoms. The Morgan fingerprint density at radius 1 is 1.00 bits per heavy atom. The Morgan fingerprint density at radius 3 is 2.52 bits per heavy atom. The van der Waals surface area contributed by atoms with Gasteiger partial charge in [0.2, 0.25) is 0 Å². The van der Waals surface area contributed by atoms with Crippen LogP contribution in [0.4, 0.5) is 11.4 Å². The third kappa shape index (κ3) is 2.87. The smallest absolute Gasteiger partial charge is 0.272 e. The Hall–Kier alpha value is -3.25. The van der Waals surface area contributed by atoms with Crippen LogP contribution >= 0.6 is 11.8 Å². The Morgan fingerprint density at radius 2 is 1.79 bits per heavy atom. The van der Waals surface area contributed by atoms with E-state index in [1.165, 1.54) is 16.7 Å². The minimum absolute atomic E-state index is 0.297. The number of carbonyl (C=O) groups excluding carboxylic acids is 2. The Kier molecular flexibility index (Phi) is 4.28. The number of anilines is 2. The summed E-state index contributed by atoms with van der Waals surface area (Å²) in [7, 11) is 0. The summed E-state index contributed by atoms with van der Waals surface area (Å²) in [6.07, 6.45) is 2.47. The number of benzene rings is 2. The lowest BCUT2D eigenvalue weighted by Crippen LogP contribution is -2.33. The summed E-state index contributed by atoms with van der Waals surface area (Å²) in [5.41, 5.74) is 3.02. The molecule has 0 saturated carbocycles. The number of fused-ring (bicyclic) bond motifs is 1. The highest BCUT2D eigenvalue weighted by Gasteiger charge is 2.45. The van der Waals surface area contributed by atoms with Crippen LogP contribution < -0.4 is 10.2 Å². The molecule has 1 N–H and O–H groups in total. The standard InChI is InChI=1S/C23H18N2O3S/c1-2-14-9-11-15(12-10-14)25-22(26)19-20(17-7-5-13-28-17)24-16-6-3-4-8-18(16)29-21(19)23(25)27/h3-13,20,24H,2H2,1H3/t20-/m1/s1. The molecule has 144 valence electrons. The number of rotatable bonds is 3. The summed E-state index contributed by atoms with van der Waals surface area (Å²) in [4.78, 5) is 29.4. The van der Waals surface area contributed by atoms with Gasteiger partial charge in [-0.2, -0.15) is 0 Å². The molecule has 0 fully saturated rings. The van der Waals surface area contributed by atoms with Crippen LogP contribution in [0.5, 0.6) is 0 Å². The quantitative estimate of drug-likeness (QED) is 0.630. The number of furan rings is 1. The van der Waals surface area contributed by atoms with Crippen LogP contribution in [0.25, 0.3) is 0 Å². The highest BCUT2D eigenvalue weighted by atomic mass is 32.2. The molecule has 2 aliphatic heterocycles. The van der Waals surface area contributed by atoms with E-state index >= 15 is 0 Å². The van der Waals surface area contributed by atoms with Crippen molar-refractivity contribution in [2.45, 2.75) is 24.3 Å². The lowest BCUT2D eigenvalue weighted by atomic mass is 10.0. The van der Waals surface area contributed by atoms with Crippen LogP contribution in [0, 0.1) is 0 Å². The van der Waals surface area contributed by atoms with E-state index in [1.54, 1.807) is 12.3 Å². The lowest BCUT2D eigenvalue weighted by molar-refractivity contribution is -0.120. The average Bonchev–Trinajstić information content (AvgIpc) is 3.31. The fraction of sp³-hybridized carbons (Fsp3) is 0.130. The van der Waals surface area contributed by atoms with Crippen molar-refractivity contribution in [3.05, 3.63) is 88.7 Å². The number of carbonyl (C=O) groups is 2. The number of hydrogen-bond donors (Lipinski definition) is 1. The van der Waals surface area contributed by atoms with Gasteiger partial charge in [0.15, 0.2) is 0 Å². The number of para-hydroxylation sites is 1. The van der Waals surface area contributed by atoms with E-state index in [0.717, 1.165) is 22.6 Å². The van der Waals surface area contributed by atoms with Crippen molar-refractivity contribution < 1.29 is 14.0 Å². The predicted molar refractivity (Wildman–Crippen MR) is 113 cm³/mol. The van der Waals surface area contributed by atoms with Gasteiger partial charge in [0, 0.05) is 10.6 Å². The van der Waals surface area contributed by atoms with Crippen molar-refractivity contribution in [3.63, 3.8) is 0 Å². The Balaban J connectivity index is 1.62. The summed E-state index contributed by atoms with van der Waals surface area (Å²) in [5.74, 6) is -0.0168. The summed E-state index contributed by atoms with van der Waals surface area (Å²) in [6, 6.07) is 18.3. The maximum absolute atomic E-state index is 13.5. The van der Waals surface area contributed by atoms with Gasteiger partial charge in [-0.1, -0.05) is 43.0 Å². The van der Waals surface area contributed by atoms with Crippen molar-refractivity contribution in [2.24, 2.45) is 0 Å². The molecule has 5 rings (SSSR count). The maximum atomic E-state index is 13.5. The molecule has 0 unspecified atom stereocenters. The van der Waals surface area contributed by atoms with Gasteiger partial charge in [-0.3, -0.25) is 9.59 Å². The van der Waals surface area contributed by atoms with E-state index in [1.807, 2.05) is 54.6 Å². The third-order valence-corrected chi connectivity index (χ3v) is 6.37. The first-order valence-electron chi connectivity index (χ1n) is 9.46. The first kappa shape index (κ1) is 17.8. The first-order chi connectivity index (χ1) is 14.2.